The van der Waals surface area contributed by atoms with E-state index in [1.165, 1.54) is 12.8 Å². The lowest BCUT2D eigenvalue weighted by molar-refractivity contribution is 0.145. The molecule has 0 amide bonds. The third-order valence-electron chi connectivity index (χ3n) is 3.62. The minimum atomic E-state index is -2.85. The van der Waals surface area contributed by atoms with Crippen molar-refractivity contribution in [1.29, 1.82) is 0 Å². The lowest BCUT2D eigenvalue weighted by Gasteiger charge is -2.38. The second-order valence-electron chi connectivity index (χ2n) is 5.39. The van der Waals surface area contributed by atoms with Crippen LogP contribution in [0.4, 0.5) is 0 Å². The summed E-state index contributed by atoms with van der Waals surface area (Å²) in [5.41, 5.74) is 0. The topological polar surface area (TPSA) is 49.4 Å². The van der Waals surface area contributed by atoms with Gasteiger partial charge >= 0.3 is 0 Å². The average Bonchev–Trinajstić information content (AvgIpc) is 2.30. The van der Waals surface area contributed by atoms with E-state index in [2.05, 4.69) is 24.1 Å². The van der Waals surface area contributed by atoms with Crippen LogP contribution in [-0.2, 0) is 9.84 Å². The molecule has 4 nitrogen and oxygen atoms in total. The number of hydrogen-bond acceptors (Lipinski definition) is 4. The Kier molecular flexibility index (Phi) is 6.60. The van der Waals surface area contributed by atoms with Crippen LogP contribution in [0, 0.1) is 0 Å². The van der Waals surface area contributed by atoms with Gasteiger partial charge in [-0.3, -0.25) is 4.90 Å². The first-order chi connectivity index (χ1) is 8.48. The summed E-state index contributed by atoms with van der Waals surface area (Å²) in [4.78, 5) is 2.32. The molecule has 0 radical (unpaired) electrons. The van der Waals surface area contributed by atoms with Crippen LogP contribution in [-0.4, -0.2) is 56.5 Å². The number of nitrogens with zero attached hydrogens (tertiary/aromatic N) is 1. The molecule has 1 aliphatic heterocycles. The molecule has 0 saturated carbocycles. The molecule has 2 atom stereocenters. The fourth-order valence-corrected chi connectivity index (χ4v) is 3.86. The Hall–Kier alpha value is -0.130. The maximum absolute atomic E-state index is 11.7. The van der Waals surface area contributed by atoms with Crippen LogP contribution >= 0.6 is 0 Å². The van der Waals surface area contributed by atoms with Gasteiger partial charge in [-0.25, -0.2) is 8.42 Å². The Morgan fingerprint density at radius 2 is 1.94 bits per heavy atom. The maximum atomic E-state index is 11.7. The van der Waals surface area contributed by atoms with Crippen LogP contribution in [0.15, 0.2) is 0 Å². The van der Waals surface area contributed by atoms with Gasteiger partial charge in [-0.2, -0.15) is 0 Å². The molecule has 1 fully saturated rings. The summed E-state index contributed by atoms with van der Waals surface area (Å²) >= 11 is 0. The second-order valence-corrected chi connectivity index (χ2v) is 7.69. The predicted molar refractivity (Wildman–Crippen MR) is 76.7 cm³/mol. The van der Waals surface area contributed by atoms with Crippen LogP contribution in [0.5, 0.6) is 0 Å². The van der Waals surface area contributed by atoms with E-state index in [1.54, 1.807) is 0 Å². The number of sulfone groups is 1. The fraction of sp³-hybridized carbons (Fsp3) is 1.00. The molecule has 1 aliphatic rings. The smallest absolute Gasteiger partial charge is 0.151 e. The number of piperazine rings is 1. The number of hydrogen-bond donors (Lipinski definition) is 1. The molecular formula is C13H28N2O2S. The highest BCUT2D eigenvalue weighted by Gasteiger charge is 2.25. The normalized spacial score (nSPS) is 26.4. The molecule has 1 rings (SSSR count). The Labute approximate surface area is 112 Å². The highest BCUT2D eigenvalue weighted by Crippen LogP contribution is 2.10. The molecule has 0 spiro atoms. The highest BCUT2D eigenvalue weighted by molar-refractivity contribution is 7.91. The summed E-state index contributed by atoms with van der Waals surface area (Å²) in [6.07, 6.45) is 3.07. The number of nitrogens with one attached hydrogen (secondary N) is 1. The van der Waals surface area contributed by atoms with Gasteiger partial charge in [0.1, 0.15) is 0 Å². The second kappa shape index (κ2) is 7.46. The van der Waals surface area contributed by atoms with Gasteiger partial charge in [0.15, 0.2) is 9.84 Å². The molecule has 1 N–H and O–H groups in total. The quantitative estimate of drug-likeness (QED) is 0.761. The third-order valence-corrected chi connectivity index (χ3v) is 5.46. The van der Waals surface area contributed by atoms with Crippen molar-refractivity contribution in [2.45, 2.75) is 52.1 Å². The van der Waals surface area contributed by atoms with E-state index in [4.69, 9.17) is 0 Å². The van der Waals surface area contributed by atoms with E-state index in [9.17, 15) is 8.42 Å². The largest absolute Gasteiger partial charge is 0.311 e. The van der Waals surface area contributed by atoms with E-state index in [0.717, 1.165) is 19.5 Å². The van der Waals surface area contributed by atoms with Gasteiger partial charge in [0, 0.05) is 37.5 Å². The summed E-state index contributed by atoms with van der Waals surface area (Å²) in [6.45, 7) is 8.92. The van der Waals surface area contributed by atoms with E-state index in [0.29, 0.717) is 30.1 Å². The van der Waals surface area contributed by atoms with Gasteiger partial charge < -0.3 is 5.32 Å². The van der Waals surface area contributed by atoms with Crippen LogP contribution < -0.4 is 5.32 Å². The first-order valence-corrected chi connectivity index (χ1v) is 8.98. The van der Waals surface area contributed by atoms with Crippen molar-refractivity contribution in [1.82, 2.24) is 10.2 Å². The molecule has 0 bridgehead atoms. The predicted octanol–water partition coefficient (Wildman–Crippen LogP) is 1.27. The van der Waals surface area contributed by atoms with Gasteiger partial charge in [0.2, 0.25) is 0 Å². The lowest BCUT2D eigenvalue weighted by atomic mass is 10.1. The average molecular weight is 276 g/mol. The fourth-order valence-electron chi connectivity index (χ4n) is 2.52. The zero-order valence-corrected chi connectivity index (χ0v) is 12.8. The monoisotopic (exact) mass is 276 g/mol. The molecule has 2 unspecified atom stereocenters. The molecule has 18 heavy (non-hydrogen) atoms. The summed E-state index contributed by atoms with van der Waals surface area (Å²) in [6, 6.07) is 0.968. The van der Waals surface area contributed by atoms with Crippen LogP contribution in [0.3, 0.4) is 0 Å². The van der Waals surface area contributed by atoms with Crippen molar-refractivity contribution in [3.63, 3.8) is 0 Å². The summed E-state index contributed by atoms with van der Waals surface area (Å²) < 4.78 is 23.5. The molecule has 0 aromatic heterocycles. The van der Waals surface area contributed by atoms with Crippen molar-refractivity contribution in [3.05, 3.63) is 0 Å². The summed E-state index contributed by atoms with van der Waals surface area (Å²) in [5.74, 6) is 0.635. The molecular weight excluding hydrogens is 248 g/mol. The molecule has 5 heteroatoms. The zero-order chi connectivity index (χ0) is 13.6. The van der Waals surface area contributed by atoms with Gasteiger partial charge in [0.25, 0.3) is 0 Å². The Balaban J connectivity index is 2.44. The van der Waals surface area contributed by atoms with Crippen molar-refractivity contribution in [2.24, 2.45) is 0 Å². The van der Waals surface area contributed by atoms with Gasteiger partial charge in [-0.1, -0.05) is 20.3 Å². The Morgan fingerprint density at radius 3 is 2.56 bits per heavy atom. The SMILES string of the molecule is CCCC1CN(CCS(=O)(=O)CCC)C(C)CN1. The molecule has 0 aliphatic carbocycles. The Bertz CT molecular complexity index is 330. The van der Waals surface area contributed by atoms with Crippen molar-refractivity contribution in [3.8, 4) is 0 Å². The van der Waals surface area contributed by atoms with Crippen LogP contribution in [0.1, 0.15) is 40.0 Å². The minimum absolute atomic E-state index is 0.310. The van der Waals surface area contributed by atoms with Crippen molar-refractivity contribution >= 4 is 9.84 Å². The van der Waals surface area contributed by atoms with Gasteiger partial charge in [-0.15, -0.1) is 0 Å². The molecule has 108 valence electrons. The first-order valence-electron chi connectivity index (χ1n) is 7.16. The van der Waals surface area contributed by atoms with Crippen LogP contribution in [0.2, 0.25) is 0 Å². The molecule has 1 saturated heterocycles. The standard InChI is InChI=1S/C13H28N2O2S/c1-4-6-13-11-15(12(3)10-14-13)7-9-18(16,17)8-5-2/h12-14H,4-11H2,1-3H3. The van der Waals surface area contributed by atoms with Gasteiger partial charge in [0.05, 0.1) is 5.75 Å². The minimum Gasteiger partial charge on any atom is -0.311 e. The van der Waals surface area contributed by atoms with Gasteiger partial charge in [-0.05, 0) is 19.8 Å². The van der Waals surface area contributed by atoms with E-state index >= 15 is 0 Å². The van der Waals surface area contributed by atoms with E-state index < -0.39 is 9.84 Å². The molecule has 0 aromatic carbocycles. The van der Waals surface area contributed by atoms with Crippen LogP contribution in [0.25, 0.3) is 0 Å². The number of rotatable bonds is 7. The van der Waals surface area contributed by atoms with E-state index in [1.807, 2.05) is 6.92 Å². The zero-order valence-electron chi connectivity index (χ0n) is 12.0. The van der Waals surface area contributed by atoms with E-state index in [-0.39, 0.29) is 0 Å². The first kappa shape index (κ1) is 15.9. The van der Waals surface area contributed by atoms with Crippen molar-refractivity contribution in [2.75, 3.05) is 31.1 Å². The Morgan fingerprint density at radius 1 is 1.22 bits per heavy atom. The maximum Gasteiger partial charge on any atom is 0.151 e. The van der Waals surface area contributed by atoms with Crippen molar-refractivity contribution < 1.29 is 8.42 Å². The highest BCUT2D eigenvalue weighted by atomic mass is 32.2. The summed E-state index contributed by atoms with van der Waals surface area (Å²) in [7, 11) is -2.85. The summed E-state index contributed by atoms with van der Waals surface area (Å²) in [5, 5.41) is 3.53. The molecule has 1 heterocycles. The third kappa shape index (κ3) is 5.24. The lowest BCUT2D eigenvalue weighted by Crippen LogP contribution is -2.56. The molecule has 0 aromatic rings.